The van der Waals surface area contributed by atoms with Gasteiger partial charge in [-0.1, -0.05) is 12.1 Å². The average Bonchev–Trinajstić information content (AvgIpc) is 2.73. The Morgan fingerprint density at radius 1 is 1.07 bits per heavy atom. The Labute approximate surface area is 164 Å². The summed E-state index contributed by atoms with van der Waals surface area (Å²) >= 11 is 0. The molecule has 1 saturated heterocycles. The summed E-state index contributed by atoms with van der Waals surface area (Å²) in [5.74, 6) is 0.223. The first kappa shape index (κ1) is 20.1. The van der Waals surface area contributed by atoms with E-state index in [9.17, 15) is 12.8 Å². The van der Waals surface area contributed by atoms with Gasteiger partial charge in [0.1, 0.15) is 5.82 Å². The summed E-state index contributed by atoms with van der Waals surface area (Å²) in [5.41, 5.74) is 7.99. The van der Waals surface area contributed by atoms with Crippen LogP contribution in [0.25, 0.3) is 0 Å². The quantitative estimate of drug-likeness (QED) is 0.579. The average molecular weight is 405 g/mol. The van der Waals surface area contributed by atoms with Crippen LogP contribution in [0.4, 0.5) is 10.1 Å². The van der Waals surface area contributed by atoms with Gasteiger partial charge in [0.05, 0.1) is 11.4 Å². The number of nitrogens with one attached hydrogen (secondary N) is 1. The summed E-state index contributed by atoms with van der Waals surface area (Å²) in [6.07, 6.45) is 0. The number of hydrogen-bond acceptors (Lipinski definition) is 4. The molecule has 1 aliphatic heterocycles. The van der Waals surface area contributed by atoms with Crippen LogP contribution in [0.1, 0.15) is 5.56 Å². The molecular formula is C19H24FN5O2S. The van der Waals surface area contributed by atoms with Gasteiger partial charge in [-0.3, -0.25) is 0 Å². The molecule has 0 bridgehead atoms. The number of nitrogens with two attached hydrogens (primary N) is 1. The molecule has 0 aromatic heterocycles. The Hall–Kier alpha value is -2.65. The lowest BCUT2D eigenvalue weighted by molar-refractivity contribution is 0.380. The molecule has 0 spiro atoms. The fourth-order valence-corrected chi connectivity index (χ4v) is 3.74. The van der Waals surface area contributed by atoms with Crippen molar-refractivity contribution >= 4 is 21.7 Å². The van der Waals surface area contributed by atoms with Crippen LogP contribution in [0, 0.1) is 5.82 Å². The zero-order chi connectivity index (χ0) is 20.1. The second-order valence-electron chi connectivity index (χ2n) is 6.48. The van der Waals surface area contributed by atoms with Crippen LogP contribution in [0.5, 0.6) is 0 Å². The lowest BCUT2D eigenvalue weighted by Crippen LogP contribution is -2.51. The molecule has 9 heteroatoms. The van der Waals surface area contributed by atoms with Crippen molar-refractivity contribution in [3.8, 4) is 0 Å². The van der Waals surface area contributed by atoms with Gasteiger partial charge in [-0.2, -0.15) is 0 Å². The number of benzene rings is 2. The number of nitrogens with zero attached hydrogens (tertiary/aromatic N) is 3. The predicted molar refractivity (Wildman–Crippen MR) is 108 cm³/mol. The lowest BCUT2D eigenvalue weighted by Gasteiger charge is -2.36. The SMILES string of the molecule is CNS(=O)(=O)c1ccc(CN=C(N)N2CCN(c3ccc(F)cc3)CC2)cc1. The smallest absolute Gasteiger partial charge is 0.240 e. The number of rotatable bonds is 5. The van der Waals surface area contributed by atoms with Gasteiger partial charge in [0, 0.05) is 31.9 Å². The Morgan fingerprint density at radius 3 is 2.25 bits per heavy atom. The van der Waals surface area contributed by atoms with E-state index in [4.69, 9.17) is 5.73 Å². The zero-order valence-corrected chi connectivity index (χ0v) is 16.5. The summed E-state index contributed by atoms with van der Waals surface area (Å²) in [5, 5.41) is 0. The van der Waals surface area contributed by atoms with Crippen molar-refractivity contribution in [2.45, 2.75) is 11.4 Å². The molecule has 150 valence electrons. The minimum atomic E-state index is -3.44. The number of halogens is 1. The van der Waals surface area contributed by atoms with E-state index in [-0.39, 0.29) is 10.7 Å². The molecule has 0 aliphatic carbocycles. The van der Waals surface area contributed by atoms with Crippen LogP contribution in [-0.4, -0.2) is 52.5 Å². The highest BCUT2D eigenvalue weighted by Crippen LogP contribution is 2.17. The van der Waals surface area contributed by atoms with Crippen LogP contribution >= 0.6 is 0 Å². The van der Waals surface area contributed by atoms with E-state index in [1.165, 1.54) is 19.2 Å². The van der Waals surface area contributed by atoms with Crippen molar-refractivity contribution in [2.75, 3.05) is 38.1 Å². The van der Waals surface area contributed by atoms with E-state index >= 15 is 0 Å². The normalized spacial score (nSPS) is 15.7. The minimum absolute atomic E-state index is 0.215. The number of aliphatic imine (C=N–C) groups is 1. The largest absolute Gasteiger partial charge is 0.370 e. The standard InChI is InChI=1S/C19H24FN5O2S/c1-22-28(26,27)18-8-2-15(3-9-18)14-23-19(21)25-12-10-24(11-13-25)17-6-4-16(20)5-7-17/h2-9,22H,10-14H2,1H3,(H2,21,23). The summed E-state index contributed by atoms with van der Waals surface area (Å²) in [4.78, 5) is 8.84. The zero-order valence-electron chi connectivity index (χ0n) is 15.7. The molecular weight excluding hydrogens is 381 g/mol. The predicted octanol–water partition coefficient (Wildman–Crippen LogP) is 1.37. The molecule has 1 heterocycles. The highest BCUT2D eigenvalue weighted by molar-refractivity contribution is 7.89. The van der Waals surface area contributed by atoms with E-state index in [2.05, 4.69) is 14.6 Å². The monoisotopic (exact) mass is 405 g/mol. The van der Waals surface area contributed by atoms with Crippen molar-refractivity contribution in [1.29, 1.82) is 0 Å². The van der Waals surface area contributed by atoms with Gasteiger partial charge in [-0.15, -0.1) is 0 Å². The van der Waals surface area contributed by atoms with Gasteiger partial charge >= 0.3 is 0 Å². The third-order valence-corrected chi connectivity index (χ3v) is 6.15. The maximum atomic E-state index is 13.1. The summed E-state index contributed by atoms with van der Waals surface area (Å²) in [6.45, 7) is 3.39. The molecule has 1 aliphatic rings. The molecule has 2 aromatic rings. The fourth-order valence-electron chi connectivity index (χ4n) is 3.01. The maximum Gasteiger partial charge on any atom is 0.240 e. The third kappa shape index (κ3) is 4.79. The molecule has 0 unspecified atom stereocenters. The fraction of sp³-hybridized carbons (Fsp3) is 0.316. The van der Waals surface area contributed by atoms with Gasteiger partial charge in [0.25, 0.3) is 0 Å². The van der Waals surface area contributed by atoms with Gasteiger partial charge in [0.2, 0.25) is 10.0 Å². The van der Waals surface area contributed by atoms with Gasteiger partial charge < -0.3 is 15.5 Å². The molecule has 28 heavy (non-hydrogen) atoms. The van der Waals surface area contributed by atoms with E-state index in [0.29, 0.717) is 12.5 Å². The van der Waals surface area contributed by atoms with E-state index < -0.39 is 10.0 Å². The molecule has 7 nitrogen and oxygen atoms in total. The second kappa shape index (κ2) is 8.57. The van der Waals surface area contributed by atoms with Crippen LogP contribution in [0.15, 0.2) is 58.4 Å². The Balaban J connectivity index is 1.55. The van der Waals surface area contributed by atoms with Crippen molar-refractivity contribution in [2.24, 2.45) is 10.7 Å². The summed E-state index contributed by atoms with van der Waals surface area (Å²) in [7, 11) is -2.06. The van der Waals surface area contributed by atoms with E-state index in [1.807, 2.05) is 4.90 Å². The third-order valence-electron chi connectivity index (χ3n) is 4.72. The molecule has 1 fully saturated rings. The Kier molecular flexibility index (Phi) is 6.15. The van der Waals surface area contributed by atoms with Gasteiger partial charge in [-0.05, 0) is 49.0 Å². The first-order valence-corrected chi connectivity index (χ1v) is 10.5. The first-order chi connectivity index (χ1) is 13.4. The number of guanidine groups is 1. The Bertz CT molecular complexity index is 922. The van der Waals surface area contributed by atoms with E-state index in [0.717, 1.165) is 37.4 Å². The van der Waals surface area contributed by atoms with Crippen LogP contribution in [0.2, 0.25) is 0 Å². The van der Waals surface area contributed by atoms with Crippen LogP contribution in [-0.2, 0) is 16.6 Å². The topological polar surface area (TPSA) is 91.0 Å². The molecule has 3 rings (SSSR count). The van der Waals surface area contributed by atoms with Crippen molar-refractivity contribution in [1.82, 2.24) is 9.62 Å². The highest BCUT2D eigenvalue weighted by Gasteiger charge is 2.18. The van der Waals surface area contributed by atoms with Crippen molar-refractivity contribution in [3.63, 3.8) is 0 Å². The summed E-state index contributed by atoms with van der Waals surface area (Å²) < 4.78 is 38.8. The second-order valence-corrected chi connectivity index (χ2v) is 8.36. The lowest BCUT2D eigenvalue weighted by atomic mass is 10.2. The molecule has 0 atom stereocenters. The van der Waals surface area contributed by atoms with Gasteiger partial charge in [0.15, 0.2) is 5.96 Å². The van der Waals surface area contributed by atoms with Crippen molar-refractivity contribution < 1.29 is 12.8 Å². The summed E-state index contributed by atoms with van der Waals surface area (Å²) in [6, 6.07) is 13.0. The maximum absolute atomic E-state index is 13.1. The van der Waals surface area contributed by atoms with E-state index in [1.54, 1.807) is 36.4 Å². The molecule has 3 N–H and O–H groups in total. The molecule has 0 saturated carbocycles. The van der Waals surface area contributed by atoms with Crippen LogP contribution < -0.4 is 15.4 Å². The molecule has 0 amide bonds. The van der Waals surface area contributed by atoms with Crippen LogP contribution in [0.3, 0.4) is 0 Å². The highest BCUT2D eigenvalue weighted by atomic mass is 32.2. The minimum Gasteiger partial charge on any atom is -0.370 e. The number of piperazine rings is 1. The van der Waals surface area contributed by atoms with Crippen molar-refractivity contribution in [3.05, 3.63) is 59.9 Å². The Morgan fingerprint density at radius 2 is 1.68 bits per heavy atom. The molecule has 2 aromatic carbocycles. The number of anilines is 1. The first-order valence-electron chi connectivity index (χ1n) is 8.97. The number of hydrogen-bond donors (Lipinski definition) is 2. The molecule has 0 radical (unpaired) electrons. The van der Waals surface area contributed by atoms with Gasteiger partial charge in [-0.25, -0.2) is 22.5 Å². The number of sulfonamides is 1.